The molecule has 0 bridgehead atoms. The van der Waals surface area contributed by atoms with Crippen LogP contribution >= 0.6 is 7.82 Å². The monoisotopic (exact) mass is 939 g/mol. The summed E-state index contributed by atoms with van der Waals surface area (Å²) in [5.74, 6) is -0.973. The zero-order chi connectivity index (χ0) is 47.6. The van der Waals surface area contributed by atoms with Crippen molar-refractivity contribution in [2.24, 2.45) is 0 Å². The minimum Gasteiger partial charge on any atom is -0.462 e. The molecule has 0 radical (unpaired) electrons. The highest BCUT2D eigenvalue weighted by atomic mass is 31.2. The second-order valence-corrected chi connectivity index (χ2v) is 19.3. The number of allylic oxidation sites excluding steroid dienone is 8. The second kappa shape index (κ2) is 49.8. The molecule has 0 aromatic rings. The van der Waals surface area contributed by atoms with Crippen LogP contribution in [-0.2, 0) is 32.7 Å². The van der Waals surface area contributed by atoms with Crippen LogP contribution in [0.25, 0.3) is 0 Å². The molecule has 0 saturated carbocycles. The third-order valence-electron chi connectivity index (χ3n) is 11.4. The Bertz CT molecular complexity index is 1220. The van der Waals surface area contributed by atoms with Crippen molar-refractivity contribution >= 4 is 19.8 Å². The molecule has 0 heterocycles. The van der Waals surface area contributed by atoms with Crippen LogP contribution in [0.15, 0.2) is 48.6 Å². The Morgan fingerprint density at radius 2 is 0.831 bits per heavy atom. The van der Waals surface area contributed by atoms with Crippen LogP contribution in [0.4, 0.5) is 0 Å². The van der Waals surface area contributed by atoms with E-state index in [4.69, 9.17) is 23.6 Å². The van der Waals surface area contributed by atoms with E-state index in [1.165, 1.54) is 148 Å². The molecule has 11 heteroatoms. The Balaban J connectivity index is 4.20. The normalized spacial score (nSPS) is 14.0. The first-order valence-electron chi connectivity index (χ1n) is 26.6. The maximum atomic E-state index is 12.7. The fraction of sp³-hybridized carbons (Fsp3) is 0.815. The number of hydrogen-bond donors (Lipinski definition) is 3. The number of phosphoric ester groups is 1. The molecule has 0 aromatic heterocycles. The van der Waals surface area contributed by atoms with Gasteiger partial charge in [-0.25, -0.2) is 4.57 Å². The quantitative estimate of drug-likeness (QED) is 0.0233. The van der Waals surface area contributed by atoms with Crippen molar-refractivity contribution < 1.29 is 47.8 Å². The van der Waals surface area contributed by atoms with Gasteiger partial charge < -0.3 is 24.6 Å². The van der Waals surface area contributed by atoms with E-state index >= 15 is 0 Å². The van der Waals surface area contributed by atoms with Gasteiger partial charge in [0.25, 0.3) is 0 Å². The number of aliphatic hydroxyl groups is 2. The molecule has 0 saturated heterocycles. The summed E-state index contributed by atoms with van der Waals surface area (Å²) in [5.41, 5.74) is 0. The zero-order valence-electron chi connectivity index (χ0n) is 41.7. The maximum Gasteiger partial charge on any atom is 0.472 e. The van der Waals surface area contributed by atoms with Gasteiger partial charge in [-0.1, -0.05) is 204 Å². The van der Waals surface area contributed by atoms with E-state index < -0.39 is 51.8 Å². The van der Waals surface area contributed by atoms with Gasteiger partial charge in [0, 0.05) is 12.8 Å². The topological polar surface area (TPSA) is 149 Å². The number of hydrogen-bond acceptors (Lipinski definition) is 9. The first-order chi connectivity index (χ1) is 31.7. The number of ether oxygens (including phenoxy) is 2. The average Bonchev–Trinajstić information content (AvgIpc) is 3.30. The second-order valence-electron chi connectivity index (χ2n) is 17.9. The lowest BCUT2D eigenvalue weighted by atomic mass is 10.0. The molecular weight excluding hydrogens is 840 g/mol. The van der Waals surface area contributed by atoms with Crippen molar-refractivity contribution in [1.82, 2.24) is 0 Å². The Morgan fingerprint density at radius 3 is 1.32 bits per heavy atom. The van der Waals surface area contributed by atoms with Crippen molar-refractivity contribution in [1.29, 1.82) is 0 Å². The van der Waals surface area contributed by atoms with Crippen molar-refractivity contribution in [2.45, 2.75) is 257 Å². The van der Waals surface area contributed by atoms with Gasteiger partial charge >= 0.3 is 19.8 Å². The summed E-state index contributed by atoms with van der Waals surface area (Å²) in [4.78, 5) is 35.2. The van der Waals surface area contributed by atoms with Gasteiger partial charge in [-0.15, -0.1) is 0 Å². The number of phosphoric acid groups is 1. The number of rotatable bonds is 50. The fourth-order valence-corrected chi connectivity index (χ4v) is 8.13. The van der Waals surface area contributed by atoms with Gasteiger partial charge in [0.15, 0.2) is 6.10 Å². The summed E-state index contributed by atoms with van der Waals surface area (Å²) in [5, 5.41) is 18.4. The molecule has 0 aromatic carbocycles. The van der Waals surface area contributed by atoms with Gasteiger partial charge in [0.1, 0.15) is 12.7 Å². The van der Waals surface area contributed by atoms with Gasteiger partial charge in [-0.3, -0.25) is 18.6 Å². The van der Waals surface area contributed by atoms with Crippen LogP contribution in [0.5, 0.6) is 0 Å². The minimum absolute atomic E-state index is 0.171. The van der Waals surface area contributed by atoms with E-state index in [0.29, 0.717) is 12.8 Å². The van der Waals surface area contributed by atoms with Crippen molar-refractivity contribution in [3.05, 3.63) is 48.6 Å². The van der Waals surface area contributed by atoms with E-state index in [0.717, 1.165) is 57.8 Å². The molecule has 0 aliphatic rings. The Hall–Kier alpha value is -2.07. The summed E-state index contributed by atoms with van der Waals surface area (Å²) in [6.45, 7) is 2.35. The molecule has 380 valence electrons. The molecule has 0 aliphatic heterocycles. The SMILES string of the molecule is CCCCC/C=C/C/C=C/CCCCCCCCCCCC(=O)O[C@H](COC(=O)CCC/C=C/CC/C=C/CCCCCCCCCCCCCCCC)COP(=O)(O)OC[C@@H](O)CO. The largest absolute Gasteiger partial charge is 0.472 e. The number of carbonyl (C=O) groups is 2. The molecule has 3 atom stereocenters. The van der Waals surface area contributed by atoms with Crippen LogP contribution in [0.1, 0.15) is 245 Å². The van der Waals surface area contributed by atoms with Gasteiger partial charge in [0.05, 0.1) is 19.8 Å². The number of carbonyl (C=O) groups excluding carboxylic acids is 2. The first kappa shape index (κ1) is 62.9. The van der Waals surface area contributed by atoms with Crippen molar-refractivity contribution in [3.8, 4) is 0 Å². The predicted octanol–water partition coefficient (Wildman–Crippen LogP) is 15.2. The minimum atomic E-state index is -4.63. The van der Waals surface area contributed by atoms with E-state index in [2.05, 4.69) is 62.5 Å². The molecule has 0 amide bonds. The van der Waals surface area contributed by atoms with E-state index in [-0.39, 0.29) is 19.4 Å². The lowest BCUT2D eigenvalue weighted by Crippen LogP contribution is -2.29. The molecule has 1 unspecified atom stereocenters. The summed E-state index contributed by atoms with van der Waals surface area (Å²) < 4.78 is 32.8. The Labute approximate surface area is 398 Å². The summed E-state index contributed by atoms with van der Waals surface area (Å²) in [6.07, 6.45) is 56.6. The molecule has 10 nitrogen and oxygen atoms in total. The third kappa shape index (κ3) is 49.7. The smallest absolute Gasteiger partial charge is 0.462 e. The highest BCUT2D eigenvalue weighted by Gasteiger charge is 2.27. The summed E-state index contributed by atoms with van der Waals surface area (Å²) in [6, 6.07) is 0. The van der Waals surface area contributed by atoms with E-state index in [9.17, 15) is 24.2 Å². The third-order valence-corrected chi connectivity index (χ3v) is 12.4. The number of unbranched alkanes of at least 4 members (excludes halogenated alkanes) is 28. The van der Waals surface area contributed by atoms with Gasteiger partial charge in [-0.05, 0) is 77.0 Å². The maximum absolute atomic E-state index is 12.7. The first-order valence-corrected chi connectivity index (χ1v) is 28.1. The van der Waals surface area contributed by atoms with Crippen LogP contribution in [0.2, 0.25) is 0 Å². The standard InChI is InChI=1S/C54H99O10P/c1-3-5-7-9-11-13-15-17-19-21-23-24-25-26-28-29-31-33-35-37-39-41-43-45-53(57)61-49-52(50-63-65(59,60)62-48-51(56)47-55)64-54(58)46-44-42-40-38-36-34-32-30-27-22-20-18-16-14-12-10-8-6-4-2/h12,14,18,20,29,31,37,39,51-52,55-56H,3-11,13,15-17,19,21-28,30,32-36,38,40-50H2,1-2H3,(H,59,60)/b14-12+,20-18+,31-29+,39-37+/t51-,52+/m0/s1. The molecule has 0 rings (SSSR count). The zero-order valence-corrected chi connectivity index (χ0v) is 42.6. The van der Waals surface area contributed by atoms with Gasteiger partial charge in [0.2, 0.25) is 0 Å². The molecular formula is C54H99O10P. The van der Waals surface area contributed by atoms with E-state index in [1.54, 1.807) is 0 Å². The lowest BCUT2D eigenvalue weighted by Gasteiger charge is -2.20. The predicted molar refractivity (Wildman–Crippen MR) is 270 cm³/mol. The fourth-order valence-electron chi connectivity index (χ4n) is 7.34. The molecule has 0 aliphatic carbocycles. The van der Waals surface area contributed by atoms with Crippen LogP contribution in [-0.4, -0.2) is 65.7 Å². The van der Waals surface area contributed by atoms with E-state index in [1.807, 2.05) is 0 Å². The van der Waals surface area contributed by atoms with Crippen LogP contribution in [0.3, 0.4) is 0 Å². The highest BCUT2D eigenvalue weighted by Crippen LogP contribution is 2.43. The van der Waals surface area contributed by atoms with Crippen LogP contribution in [0, 0.1) is 0 Å². The Kier molecular flexibility index (Phi) is 48.2. The van der Waals surface area contributed by atoms with Crippen molar-refractivity contribution in [2.75, 3.05) is 26.4 Å². The number of esters is 2. The summed E-state index contributed by atoms with van der Waals surface area (Å²) >= 11 is 0. The molecule has 0 fully saturated rings. The van der Waals surface area contributed by atoms with Crippen molar-refractivity contribution in [3.63, 3.8) is 0 Å². The summed E-state index contributed by atoms with van der Waals surface area (Å²) in [7, 11) is -4.63. The molecule has 65 heavy (non-hydrogen) atoms. The highest BCUT2D eigenvalue weighted by molar-refractivity contribution is 7.47. The lowest BCUT2D eigenvalue weighted by molar-refractivity contribution is -0.161. The average molecular weight is 939 g/mol. The molecule has 0 spiro atoms. The molecule has 3 N–H and O–H groups in total. The number of aliphatic hydroxyl groups excluding tert-OH is 2. The Morgan fingerprint density at radius 1 is 0.462 bits per heavy atom. The van der Waals surface area contributed by atoms with Gasteiger partial charge in [-0.2, -0.15) is 0 Å². The van der Waals surface area contributed by atoms with Crippen LogP contribution < -0.4 is 0 Å².